The highest BCUT2D eigenvalue weighted by Crippen LogP contribution is 2.44. The summed E-state index contributed by atoms with van der Waals surface area (Å²) in [6.45, 7) is 0.223. The van der Waals surface area contributed by atoms with Gasteiger partial charge >= 0.3 is 5.97 Å². The van der Waals surface area contributed by atoms with Crippen LogP contribution in [0.3, 0.4) is 0 Å². The molecule has 0 aromatic heterocycles. The molecule has 0 fully saturated rings. The maximum Gasteiger partial charge on any atom is 0.345 e. The van der Waals surface area contributed by atoms with Crippen molar-refractivity contribution in [3.63, 3.8) is 0 Å². The Hall–Kier alpha value is -2.60. The third-order valence-corrected chi connectivity index (χ3v) is 4.56. The number of hydrogen-bond donors (Lipinski definition) is 1. The van der Waals surface area contributed by atoms with Crippen molar-refractivity contribution in [3.05, 3.63) is 93.7 Å². The van der Waals surface area contributed by atoms with Crippen LogP contribution in [0.5, 0.6) is 0 Å². The summed E-state index contributed by atoms with van der Waals surface area (Å²) in [6, 6.07) is 16.1. The number of rotatable bonds is 4. The average Bonchev–Trinajstić information content (AvgIpc) is 3.23. The van der Waals surface area contributed by atoms with Gasteiger partial charge in [-0.3, -0.25) is 0 Å². The number of aliphatic hydroxyl groups is 1. The number of esters is 1. The first-order chi connectivity index (χ1) is 12.6. The molecule has 132 valence electrons. The minimum atomic E-state index is -1.93. The van der Waals surface area contributed by atoms with Crippen LogP contribution in [0.25, 0.3) is 0 Å². The second-order valence-corrected chi connectivity index (χ2v) is 6.43. The van der Waals surface area contributed by atoms with Crippen LogP contribution in [0.15, 0.2) is 77.6 Å². The molecule has 0 saturated heterocycles. The van der Waals surface area contributed by atoms with E-state index in [1.165, 1.54) is 0 Å². The summed E-state index contributed by atoms with van der Waals surface area (Å²) in [4.78, 5) is 22.6. The Morgan fingerprint density at radius 2 is 1.92 bits per heavy atom. The van der Waals surface area contributed by atoms with Gasteiger partial charge in [-0.05, 0) is 23.8 Å². The van der Waals surface area contributed by atoms with Crippen LogP contribution in [-0.2, 0) is 31.5 Å². The summed E-state index contributed by atoms with van der Waals surface area (Å²) in [5, 5.41) is 11.8. The zero-order valence-electron chi connectivity index (χ0n) is 13.6. The maximum absolute atomic E-state index is 12.6. The number of cyclic esters (lactones) is 1. The summed E-state index contributed by atoms with van der Waals surface area (Å²) in [6.07, 6.45) is 1.93. The van der Waals surface area contributed by atoms with Crippen molar-refractivity contribution in [2.75, 3.05) is 6.61 Å². The molecule has 2 aliphatic heterocycles. The van der Waals surface area contributed by atoms with Crippen LogP contribution in [0.1, 0.15) is 11.1 Å². The lowest BCUT2D eigenvalue weighted by Gasteiger charge is -2.25. The quantitative estimate of drug-likeness (QED) is 0.660. The lowest BCUT2D eigenvalue weighted by Crippen LogP contribution is -2.29. The predicted molar refractivity (Wildman–Crippen MR) is 93.7 cm³/mol. The number of carbonyl (C=O) groups is 1. The van der Waals surface area contributed by atoms with E-state index >= 15 is 0 Å². The number of carbonyl (C=O) groups excluding carboxylic acids is 1. The highest BCUT2D eigenvalue weighted by Gasteiger charge is 2.49. The normalized spacial score (nSPS) is 22.2. The molecule has 1 atom stereocenters. The molecule has 0 radical (unpaired) electrons. The summed E-state index contributed by atoms with van der Waals surface area (Å²) >= 11 is 6.07. The summed E-state index contributed by atoms with van der Waals surface area (Å²) < 4.78 is 5.41. The second-order valence-electron chi connectivity index (χ2n) is 6.00. The minimum Gasteiger partial charge on any atom is -0.421 e. The zero-order valence-corrected chi connectivity index (χ0v) is 14.4. The standard InChI is InChI=1S/C20H15ClO5/c21-15-8-4-7-14(12-15)20(23)16(11-13-5-2-1-3-6-13)18(19(22)25-20)17-9-10-24-26-17/h1-9,12,23H,10-11H2. The minimum absolute atomic E-state index is 0.175. The molecule has 2 aromatic rings. The Kier molecular flexibility index (Phi) is 4.28. The predicted octanol–water partition coefficient (Wildman–Crippen LogP) is 3.43. The van der Waals surface area contributed by atoms with Crippen molar-refractivity contribution >= 4 is 17.6 Å². The molecule has 2 heterocycles. The van der Waals surface area contributed by atoms with Crippen LogP contribution < -0.4 is 0 Å². The van der Waals surface area contributed by atoms with E-state index in [1.807, 2.05) is 30.3 Å². The van der Waals surface area contributed by atoms with E-state index in [1.54, 1.807) is 30.3 Å². The van der Waals surface area contributed by atoms with Gasteiger partial charge in [-0.2, -0.15) is 4.89 Å². The Bertz CT molecular complexity index is 919. The Labute approximate surface area is 155 Å². The van der Waals surface area contributed by atoms with Gasteiger partial charge in [0.25, 0.3) is 5.79 Å². The Morgan fingerprint density at radius 1 is 1.12 bits per heavy atom. The molecule has 0 amide bonds. The number of halogens is 1. The molecule has 26 heavy (non-hydrogen) atoms. The van der Waals surface area contributed by atoms with Gasteiger partial charge in [0.1, 0.15) is 12.2 Å². The maximum atomic E-state index is 12.6. The van der Waals surface area contributed by atoms with Crippen molar-refractivity contribution in [1.29, 1.82) is 0 Å². The van der Waals surface area contributed by atoms with Crippen LogP contribution in [0, 0.1) is 0 Å². The third kappa shape index (κ3) is 2.90. The van der Waals surface area contributed by atoms with Gasteiger partial charge in [0.2, 0.25) is 0 Å². The average molecular weight is 371 g/mol. The monoisotopic (exact) mass is 370 g/mol. The fraction of sp³-hybridized carbons (Fsp3) is 0.150. The van der Waals surface area contributed by atoms with E-state index in [0.717, 1.165) is 5.56 Å². The van der Waals surface area contributed by atoms with Crippen molar-refractivity contribution in [1.82, 2.24) is 0 Å². The molecule has 5 nitrogen and oxygen atoms in total. The molecule has 2 aromatic carbocycles. The molecule has 4 rings (SSSR count). The van der Waals surface area contributed by atoms with Crippen LogP contribution >= 0.6 is 11.6 Å². The van der Waals surface area contributed by atoms with Crippen molar-refractivity contribution in [2.45, 2.75) is 12.2 Å². The Balaban J connectivity index is 1.87. The third-order valence-electron chi connectivity index (χ3n) is 4.33. The first-order valence-electron chi connectivity index (χ1n) is 8.07. The molecular formula is C20H15ClO5. The van der Waals surface area contributed by atoms with E-state index in [4.69, 9.17) is 26.1 Å². The van der Waals surface area contributed by atoms with E-state index in [0.29, 0.717) is 22.6 Å². The highest BCUT2D eigenvalue weighted by atomic mass is 35.5. The van der Waals surface area contributed by atoms with Crippen LogP contribution in [0.4, 0.5) is 0 Å². The van der Waals surface area contributed by atoms with Gasteiger partial charge in [0, 0.05) is 22.6 Å². The van der Waals surface area contributed by atoms with E-state index < -0.39 is 11.8 Å². The fourth-order valence-electron chi connectivity index (χ4n) is 3.11. The van der Waals surface area contributed by atoms with Gasteiger partial charge in [-0.1, -0.05) is 54.1 Å². The molecule has 6 heteroatoms. The first-order valence-corrected chi connectivity index (χ1v) is 8.45. The van der Waals surface area contributed by atoms with Crippen molar-refractivity contribution in [2.24, 2.45) is 0 Å². The van der Waals surface area contributed by atoms with Crippen molar-refractivity contribution in [3.8, 4) is 0 Å². The lowest BCUT2D eigenvalue weighted by molar-refractivity contribution is -0.231. The zero-order chi connectivity index (χ0) is 18.1. The van der Waals surface area contributed by atoms with E-state index in [-0.39, 0.29) is 17.9 Å². The van der Waals surface area contributed by atoms with Gasteiger partial charge < -0.3 is 14.7 Å². The largest absolute Gasteiger partial charge is 0.421 e. The van der Waals surface area contributed by atoms with Gasteiger partial charge in [0.15, 0.2) is 5.76 Å². The van der Waals surface area contributed by atoms with Gasteiger partial charge in [0.05, 0.1) is 0 Å². The molecule has 1 unspecified atom stereocenters. The van der Waals surface area contributed by atoms with E-state index in [9.17, 15) is 9.90 Å². The van der Waals surface area contributed by atoms with Crippen LogP contribution in [0.2, 0.25) is 5.02 Å². The van der Waals surface area contributed by atoms with Crippen molar-refractivity contribution < 1.29 is 24.4 Å². The molecular weight excluding hydrogens is 356 g/mol. The molecule has 0 saturated carbocycles. The first kappa shape index (κ1) is 16.8. The topological polar surface area (TPSA) is 65.0 Å². The fourth-order valence-corrected chi connectivity index (χ4v) is 3.30. The summed E-state index contributed by atoms with van der Waals surface area (Å²) in [5.41, 5.74) is 1.85. The molecule has 2 aliphatic rings. The van der Waals surface area contributed by atoms with Gasteiger partial charge in [-0.15, -0.1) is 0 Å². The molecule has 0 aliphatic carbocycles. The van der Waals surface area contributed by atoms with Gasteiger partial charge in [-0.25, -0.2) is 4.79 Å². The second kappa shape index (κ2) is 6.61. The number of benzene rings is 2. The number of hydrogen-bond acceptors (Lipinski definition) is 5. The molecule has 0 spiro atoms. The summed E-state index contributed by atoms with van der Waals surface area (Å²) in [5.74, 6) is -2.35. The summed E-state index contributed by atoms with van der Waals surface area (Å²) in [7, 11) is 0. The molecule has 1 N–H and O–H groups in total. The Morgan fingerprint density at radius 3 is 2.62 bits per heavy atom. The number of ether oxygens (including phenoxy) is 1. The van der Waals surface area contributed by atoms with Crippen LogP contribution in [-0.4, -0.2) is 17.7 Å². The smallest absolute Gasteiger partial charge is 0.345 e. The molecule has 0 bridgehead atoms. The van der Waals surface area contributed by atoms with E-state index in [2.05, 4.69) is 0 Å². The lowest BCUT2D eigenvalue weighted by atomic mass is 9.89. The SMILES string of the molecule is O=C1OC(O)(c2cccc(Cl)c2)C(Cc2ccccc2)=C1C1=CCOO1. The highest BCUT2D eigenvalue weighted by molar-refractivity contribution is 6.30.